The molecule has 0 aromatic carbocycles. The van der Waals surface area contributed by atoms with Crippen LogP contribution in [0.2, 0.25) is 0 Å². The lowest BCUT2D eigenvalue weighted by Crippen LogP contribution is -2.37. The molecule has 0 aliphatic rings. The van der Waals surface area contributed by atoms with Gasteiger partial charge < -0.3 is 5.32 Å². The minimum atomic E-state index is -0.363. The molecule has 0 rings (SSSR count). The molecule has 97 valence electrons. The summed E-state index contributed by atoms with van der Waals surface area (Å²) in [5.41, 5.74) is 0. The van der Waals surface area contributed by atoms with Crippen molar-refractivity contribution in [3.8, 4) is 0 Å². The van der Waals surface area contributed by atoms with Crippen LogP contribution in [0.1, 0.15) is 39.5 Å². The molecular formula is C12H21N2O3. The molecule has 1 radical (unpaired) electrons. The monoisotopic (exact) mass is 241 g/mol. The lowest BCUT2D eigenvalue weighted by molar-refractivity contribution is -0.139. The summed E-state index contributed by atoms with van der Waals surface area (Å²) in [5.74, 6) is -0.222. The van der Waals surface area contributed by atoms with Crippen LogP contribution in [-0.2, 0) is 14.4 Å². The topological polar surface area (TPSA) is 66.5 Å². The summed E-state index contributed by atoms with van der Waals surface area (Å²) < 4.78 is 0. The Bertz CT molecular complexity index is 266. The van der Waals surface area contributed by atoms with E-state index in [1.54, 1.807) is 13.8 Å². The van der Waals surface area contributed by atoms with Gasteiger partial charge in [-0.05, 0) is 19.8 Å². The van der Waals surface area contributed by atoms with Crippen LogP contribution in [0.3, 0.4) is 0 Å². The third-order valence-corrected chi connectivity index (χ3v) is 2.45. The van der Waals surface area contributed by atoms with Gasteiger partial charge in [0.15, 0.2) is 0 Å². The molecule has 1 N–H and O–H groups in total. The molecule has 0 aliphatic heterocycles. The van der Waals surface area contributed by atoms with Crippen molar-refractivity contribution in [3.63, 3.8) is 0 Å². The summed E-state index contributed by atoms with van der Waals surface area (Å²) in [6, 6.07) is -0.363. The molecule has 0 saturated heterocycles. The van der Waals surface area contributed by atoms with Gasteiger partial charge in [-0.3, -0.25) is 19.3 Å². The maximum Gasteiger partial charge on any atom is 0.228 e. The van der Waals surface area contributed by atoms with Crippen LogP contribution in [-0.4, -0.2) is 35.7 Å². The van der Waals surface area contributed by atoms with Gasteiger partial charge >= 0.3 is 0 Å². The van der Waals surface area contributed by atoms with E-state index in [1.165, 1.54) is 0 Å². The molecule has 0 aromatic heterocycles. The second-order valence-corrected chi connectivity index (χ2v) is 3.76. The maximum absolute atomic E-state index is 11.4. The number of rotatable bonds is 8. The Balaban J connectivity index is 3.91. The predicted molar refractivity (Wildman–Crippen MR) is 64.9 cm³/mol. The van der Waals surface area contributed by atoms with Crippen molar-refractivity contribution in [3.05, 3.63) is 6.92 Å². The van der Waals surface area contributed by atoms with Gasteiger partial charge in [0.1, 0.15) is 0 Å². The third-order valence-electron chi connectivity index (χ3n) is 2.45. The van der Waals surface area contributed by atoms with E-state index < -0.39 is 0 Å². The zero-order chi connectivity index (χ0) is 13.3. The van der Waals surface area contributed by atoms with Gasteiger partial charge in [0.25, 0.3) is 0 Å². The minimum absolute atomic E-state index is 0.00231. The van der Waals surface area contributed by atoms with E-state index >= 15 is 0 Å². The van der Waals surface area contributed by atoms with Crippen LogP contribution in [0.25, 0.3) is 0 Å². The Kier molecular flexibility index (Phi) is 8.01. The summed E-state index contributed by atoms with van der Waals surface area (Å²) in [6.45, 7) is 7.81. The zero-order valence-corrected chi connectivity index (χ0v) is 10.6. The van der Waals surface area contributed by atoms with Crippen molar-refractivity contribution >= 4 is 18.2 Å². The summed E-state index contributed by atoms with van der Waals surface area (Å²) >= 11 is 0. The van der Waals surface area contributed by atoms with Crippen molar-refractivity contribution in [2.45, 2.75) is 45.6 Å². The number of amides is 3. The van der Waals surface area contributed by atoms with Crippen LogP contribution in [0, 0.1) is 6.92 Å². The molecule has 3 amide bonds. The highest BCUT2D eigenvalue weighted by molar-refractivity contribution is 5.86. The predicted octanol–water partition coefficient (Wildman–Crippen LogP) is 0.890. The summed E-state index contributed by atoms with van der Waals surface area (Å²) in [5, 5.41) is 2.73. The standard InChI is InChI=1S/C12H21N2O3/c1-4-11(16)13-8-6-7-10(3)14(9-15)12(17)5-2/h9-10H,3-8H2,1-2H3,(H,13,16). The first kappa shape index (κ1) is 15.6. The number of nitrogens with zero attached hydrogens (tertiary/aromatic N) is 1. The van der Waals surface area contributed by atoms with Crippen molar-refractivity contribution in [2.24, 2.45) is 0 Å². The van der Waals surface area contributed by atoms with Crippen molar-refractivity contribution in [2.75, 3.05) is 6.54 Å². The van der Waals surface area contributed by atoms with Gasteiger partial charge in [0.2, 0.25) is 18.2 Å². The van der Waals surface area contributed by atoms with E-state index in [0.29, 0.717) is 32.2 Å². The normalized spacial score (nSPS) is 11.7. The molecule has 1 atom stereocenters. The molecule has 0 aromatic rings. The van der Waals surface area contributed by atoms with Crippen LogP contribution >= 0.6 is 0 Å². The number of hydrogen-bond acceptors (Lipinski definition) is 3. The minimum Gasteiger partial charge on any atom is -0.356 e. The molecule has 0 aliphatic carbocycles. The van der Waals surface area contributed by atoms with Crippen molar-refractivity contribution in [1.29, 1.82) is 0 Å². The van der Waals surface area contributed by atoms with Crippen LogP contribution < -0.4 is 5.32 Å². The highest BCUT2D eigenvalue weighted by Gasteiger charge is 2.17. The van der Waals surface area contributed by atoms with Gasteiger partial charge in [0.05, 0.1) is 0 Å². The second kappa shape index (κ2) is 8.73. The Morgan fingerprint density at radius 3 is 2.47 bits per heavy atom. The fraction of sp³-hybridized carbons (Fsp3) is 0.667. The largest absolute Gasteiger partial charge is 0.356 e. The van der Waals surface area contributed by atoms with Crippen LogP contribution in [0.4, 0.5) is 0 Å². The van der Waals surface area contributed by atoms with Gasteiger partial charge in [-0.15, -0.1) is 0 Å². The lowest BCUT2D eigenvalue weighted by atomic mass is 10.1. The Morgan fingerprint density at radius 1 is 1.35 bits per heavy atom. The number of carbonyl (C=O) groups is 3. The average molecular weight is 241 g/mol. The molecule has 0 spiro atoms. The molecule has 0 saturated carbocycles. The van der Waals surface area contributed by atoms with Crippen molar-refractivity contribution < 1.29 is 14.4 Å². The third kappa shape index (κ3) is 6.04. The molecule has 1 unspecified atom stereocenters. The molecule has 0 fully saturated rings. The highest BCUT2D eigenvalue weighted by atomic mass is 16.2. The van der Waals surface area contributed by atoms with Gasteiger partial charge in [-0.25, -0.2) is 0 Å². The maximum atomic E-state index is 11.4. The smallest absolute Gasteiger partial charge is 0.228 e. The van der Waals surface area contributed by atoms with Gasteiger partial charge in [-0.2, -0.15) is 0 Å². The first-order valence-corrected chi connectivity index (χ1v) is 5.93. The SMILES string of the molecule is [CH2]C(CCCNC(=O)CC)N(C=O)C(=O)CC. The molecule has 17 heavy (non-hydrogen) atoms. The average Bonchev–Trinajstić information content (AvgIpc) is 2.34. The van der Waals surface area contributed by atoms with Gasteiger partial charge in [-0.1, -0.05) is 13.8 Å². The Morgan fingerprint density at radius 2 is 2.00 bits per heavy atom. The zero-order valence-electron chi connectivity index (χ0n) is 10.6. The molecule has 5 heteroatoms. The molecular weight excluding hydrogens is 220 g/mol. The summed E-state index contributed by atoms with van der Waals surface area (Å²) in [7, 11) is 0. The van der Waals surface area contributed by atoms with Gasteiger partial charge in [0, 0.05) is 25.4 Å². The van der Waals surface area contributed by atoms with E-state index in [9.17, 15) is 14.4 Å². The van der Waals surface area contributed by atoms with Crippen LogP contribution in [0.5, 0.6) is 0 Å². The second-order valence-electron chi connectivity index (χ2n) is 3.76. The van der Waals surface area contributed by atoms with E-state index in [4.69, 9.17) is 0 Å². The summed E-state index contributed by atoms with van der Waals surface area (Å²) in [4.78, 5) is 34.2. The number of imide groups is 1. The fourth-order valence-electron chi connectivity index (χ4n) is 1.36. The van der Waals surface area contributed by atoms with E-state index in [1.807, 2.05) is 0 Å². The Hall–Kier alpha value is -1.39. The number of hydrogen-bond donors (Lipinski definition) is 1. The summed E-state index contributed by atoms with van der Waals surface area (Å²) in [6.07, 6.45) is 2.56. The number of carbonyl (C=O) groups excluding carboxylic acids is 3. The van der Waals surface area contributed by atoms with Crippen molar-refractivity contribution in [1.82, 2.24) is 10.2 Å². The Labute approximate surface area is 103 Å². The van der Waals surface area contributed by atoms with E-state index in [-0.39, 0.29) is 24.3 Å². The van der Waals surface area contributed by atoms with Crippen LogP contribution in [0.15, 0.2) is 0 Å². The molecule has 5 nitrogen and oxygen atoms in total. The first-order chi connectivity index (χ1) is 8.06. The number of nitrogens with one attached hydrogen (secondary N) is 1. The lowest BCUT2D eigenvalue weighted by Gasteiger charge is -2.22. The van der Waals surface area contributed by atoms with E-state index in [0.717, 1.165) is 4.90 Å². The fourth-order valence-corrected chi connectivity index (χ4v) is 1.36. The first-order valence-electron chi connectivity index (χ1n) is 5.93. The quantitative estimate of drug-likeness (QED) is 0.507. The highest BCUT2D eigenvalue weighted by Crippen LogP contribution is 2.05. The molecule has 0 bridgehead atoms. The molecule has 0 heterocycles. The van der Waals surface area contributed by atoms with E-state index in [2.05, 4.69) is 12.2 Å².